The van der Waals surface area contributed by atoms with Crippen LogP contribution in [-0.2, 0) is 0 Å². The zero-order valence-electron chi connectivity index (χ0n) is 9.04. The molecule has 0 radical (unpaired) electrons. The van der Waals surface area contributed by atoms with Crippen LogP contribution in [0.1, 0.15) is 25.7 Å². The van der Waals surface area contributed by atoms with Gasteiger partial charge in [0.1, 0.15) is 0 Å². The summed E-state index contributed by atoms with van der Waals surface area (Å²) in [5.41, 5.74) is 0. The number of nitrogens with zero attached hydrogens (tertiary/aromatic N) is 1. The van der Waals surface area contributed by atoms with Gasteiger partial charge in [-0.1, -0.05) is 6.42 Å². The van der Waals surface area contributed by atoms with Crippen molar-refractivity contribution in [2.45, 2.75) is 25.7 Å². The van der Waals surface area contributed by atoms with Crippen LogP contribution in [-0.4, -0.2) is 37.6 Å². The maximum absolute atomic E-state index is 3.47. The van der Waals surface area contributed by atoms with E-state index in [0.717, 1.165) is 17.8 Å². The lowest BCUT2D eigenvalue weighted by molar-refractivity contribution is 0.267. The van der Waals surface area contributed by atoms with Crippen molar-refractivity contribution >= 4 is 0 Å². The molecule has 1 aliphatic carbocycles. The molecule has 1 N–H and O–H groups in total. The highest BCUT2D eigenvalue weighted by atomic mass is 15.2. The molecule has 1 saturated carbocycles. The smallest absolute Gasteiger partial charge is 0.00225 e. The normalized spacial score (nSPS) is 43.3. The average Bonchev–Trinajstić information content (AvgIpc) is 2.78. The largest absolute Gasteiger partial charge is 0.316 e. The van der Waals surface area contributed by atoms with Crippen LogP contribution in [0.15, 0.2) is 0 Å². The predicted molar refractivity (Wildman–Crippen MR) is 58.2 cm³/mol. The molecule has 0 aromatic carbocycles. The third kappa shape index (κ3) is 1.70. The molecule has 3 unspecified atom stereocenters. The first kappa shape index (κ1) is 9.17. The summed E-state index contributed by atoms with van der Waals surface area (Å²) in [6.07, 6.45) is 5.95. The SMILES string of the molecule is C1CC2CN(CC3CCNC3)CC2C1. The molecule has 80 valence electrons. The van der Waals surface area contributed by atoms with Gasteiger partial charge in [0.25, 0.3) is 0 Å². The van der Waals surface area contributed by atoms with Gasteiger partial charge < -0.3 is 10.2 Å². The number of fused-ring (bicyclic) bond motifs is 1. The van der Waals surface area contributed by atoms with Gasteiger partial charge in [-0.15, -0.1) is 0 Å². The molecule has 3 rings (SSSR count). The fourth-order valence-corrected chi connectivity index (χ4v) is 3.72. The zero-order valence-corrected chi connectivity index (χ0v) is 9.04. The lowest BCUT2D eigenvalue weighted by atomic mass is 10.0. The maximum Gasteiger partial charge on any atom is 0.00225 e. The van der Waals surface area contributed by atoms with E-state index in [4.69, 9.17) is 0 Å². The Kier molecular flexibility index (Phi) is 2.50. The van der Waals surface area contributed by atoms with Crippen molar-refractivity contribution in [3.8, 4) is 0 Å². The first-order chi connectivity index (χ1) is 6.92. The third-order valence-corrected chi connectivity index (χ3v) is 4.48. The zero-order chi connectivity index (χ0) is 9.38. The second-order valence-corrected chi connectivity index (χ2v) is 5.53. The lowest BCUT2D eigenvalue weighted by Crippen LogP contribution is -2.29. The summed E-state index contributed by atoms with van der Waals surface area (Å²) >= 11 is 0. The molecular formula is C12H22N2. The van der Waals surface area contributed by atoms with Crippen molar-refractivity contribution in [3.63, 3.8) is 0 Å². The van der Waals surface area contributed by atoms with Gasteiger partial charge in [-0.2, -0.15) is 0 Å². The summed E-state index contributed by atoms with van der Waals surface area (Å²) in [6.45, 7) is 6.74. The summed E-state index contributed by atoms with van der Waals surface area (Å²) in [5, 5.41) is 3.47. The summed E-state index contributed by atoms with van der Waals surface area (Å²) in [5.74, 6) is 3.10. The van der Waals surface area contributed by atoms with E-state index in [9.17, 15) is 0 Å². The van der Waals surface area contributed by atoms with E-state index in [2.05, 4.69) is 10.2 Å². The molecule has 0 aromatic rings. The van der Waals surface area contributed by atoms with Gasteiger partial charge in [-0.25, -0.2) is 0 Å². The minimum absolute atomic E-state index is 0.953. The van der Waals surface area contributed by atoms with Crippen LogP contribution in [0.25, 0.3) is 0 Å². The standard InChI is InChI=1S/C12H22N2/c1-2-11-8-14(9-12(11)3-1)7-10-4-5-13-6-10/h10-13H,1-9H2. The van der Waals surface area contributed by atoms with Crippen molar-refractivity contribution in [2.24, 2.45) is 17.8 Å². The number of nitrogens with one attached hydrogen (secondary N) is 1. The summed E-state index contributed by atoms with van der Waals surface area (Å²) in [7, 11) is 0. The molecule has 14 heavy (non-hydrogen) atoms. The van der Waals surface area contributed by atoms with Gasteiger partial charge in [0.15, 0.2) is 0 Å². The summed E-state index contributed by atoms with van der Waals surface area (Å²) < 4.78 is 0. The molecule has 3 fully saturated rings. The second-order valence-electron chi connectivity index (χ2n) is 5.53. The molecule has 0 bridgehead atoms. The molecule has 3 atom stereocenters. The average molecular weight is 194 g/mol. The third-order valence-electron chi connectivity index (χ3n) is 4.48. The monoisotopic (exact) mass is 194 g/mol. The van der Waals surface area contributed by atoms with Crippen LogP contribution < -0.4 is 5.32 Å². The van der Waals surface area contributed by atoms with Crippen molar-refractivity contribution in [1.29, 1.82) is 0 Å². The number of hydrogen-bond donors (Lipinski definition) is 1. The van der Waals surface area contributed by atoms with Crippen LogP contribution in [0, 0.1) is 17.8 Å². The molecule has 0 amide bonds. The fraction of sp³-hybridized carbons (Fsp3) is 1.00. The first-order valence-corrected chi connectivity index (χ1v) is 6.35. The Balaban J connectivity index is 1.50. The highest BCUT2D eigenvalue weighted by molar-refractivity contribution is 4.89. The molecule has 2 heteroatoms. The van der Waals surface area contributed by atoms with Gasteiger partial charge in [-0.05, 0) is 50.1 Å². The van der Waals surface area contributed by atoms with Crippen molar-refractivity contribution in [3.05, 3.63) is 0 Å². The Labute approximate surface area is 87.0 Å². The highest BCUT2D eigenvalue weighted by Gasteiger charge is 2.36. The van der Waals surface area contributed by atoms with E-state index in [0.29, 0.717) is 0 Å². The van der Waals surface area contributed by atoms with Gasteiger partial charge in [-0.3, -0.25) is 0 Å². The van der Waals surface area contributed by atoms with Crippen LogP contribution in [0.2, 0.25) is 0 Å². The van der Waals surface area contributed by atoms with Crippen molar-refractivity contribution in [1.82, 2.24) is 10.2 Å². The van der Waals surface area contributed by atoms with E-state index >= 15 is 0 Å². The Hall–Kier alpha value is -0.0800. The molecule has 2 heterocycles. The quantitative estimate of drug-likeness (QED) is 0.713. The van der Waals surface area contributed by atoms with Gasteiger partial charge in [0.05, 0.1) is 0 Å². The Morgan fingerprint density at radius 3 is 2.50 bits per heavy atom. The van der Waals surface area contributed by atoms with Gasteiger partial charge in [0.2, 0.25) is 0 Å². The summed E-state index contributed by atoms with van der Waals surface area (Å²) in [6, 6.07) is 0. The van der Waals surface area contributed by atoms with Crippen LogP contribution in [0.5, 0.6) is 0 Å². The van der Waals surface area contributed by atoms with Crippen molar-refractivity contribution in [2.75, 3.05) is 32.7 Å². The minimum atomic E-state index is 0.953. The van der Waals surface area contributed by atoms with E-state index in [1.807, 2.05) is 0 Å². The lowest BCUT2D eigenvalue weighted by Gasteiger charge is -2.20. The molecule has 2 saturated heterocycles. The number of rotatable bonds is 2. The Morgan fingerprint density at radius 2 is 1.86 bits per heavy atom. The van der Waals surface area contributed by atoms with Crippen LogP contribution >= 0.6 is 0 Å². The summed E-state index contributed by atoms with van der Waals surface area (Å²) in [4.78, 5) is 2.74. The predicted octanol–water partition coefficient (Wildman–Crippen LogP) is 1.33. The maximum atomic E-state index is 3.47. The Bertz CT molecular complexity index is 186. The van der Waals surface area contributed by atoms with Crippen LogP contribution in [0.4, 0.5) is 0 Å². The number of hydrogen-bond acceptors (Lipinski definition) is 2. The molecular weight excluding hydrogens is 172 g/mol. The number of likely N-dealkylation sites (tertiary alicyclic amines) is 1. The van der Waals surface area contributed by atoms with Gasteiger partial charge >= 0.3 is 0 Å². The van der Waals surface area contributed by atoms with Crippen molar-refractivity contribution < 1.29 is 0 Å². The van der Waals surface area contributed by atoms with E-state index in [1.165, 1.54) is 58.4 Å². The fourth-order valence-electron chi connectivity index (χ4n) is 3.72. The second kappa shape index (κ2) is 3.82. The van der Waals surface area contributed by atoms with E-state index in [1.54, 1.807) is 0 Å². The van der Waals surface area contributed by atoms with Gasteiger partial charge in [0, 0.05) is 19.6 Å². The van der Waals surface area contributed by atoms with E-state index in [-0.39, 0.29) is 0 Å². The topological polar surface area (TPSA) is 15.3 Å². The highest BCUT2D eigenvalue weighted by Crippen LogP contribution is 2.37. The molecule has 3 aliphatic rings. The molecule has 2 nitrogen and oxygen atoms in total. The molecule has 0 spiro atoms. The van der Waals surface area contributed by atoms with E-state index < -0.39 is 0 Å². The minimum Gasteiger partial charge on any atom is -0.316 e. The molecule has 2 aliphatic heterocycles. The molecule has 0 aromatic heterocycles. The Morgan fingerprint density at radius 1 is 1.07 bits per heavy atom. The van der Waals surface area contributed by atoms with Crippen LogP contribution in [0.3, 0.4) is 0 Å². The first-order valence-electron chi connectivity index (χ1n) is 6.35.